The van der Waals surface area contributed by atoms with Gasteiger partial charge in [0.25, 0.3) is 0 Å². The summed E-state index contributed by atoms with van der Waals surface area (Å²) in [6.45, 7) is 0. The topological polar surface area (TPSA) is 12.9 Å². The van der Waals surface area contributed by atoms with E-state index in [9.17, 15) is 13.2 Å². The lowest BCUT2D eigenvalue weighted by atomic mass is 9.95. The lowest BCUT2D eigenvalue weighted by Crippen LogP contribution is -2.11. The number of pyridine rings is 1. The third kappa shape index (κ3) is 1.78. The highest BCUT2D eigenvalue weighted by Gasteiger charge is 2.34. The van der Waals surface area contributed by atoms with Crippen molar-refractivity contribution in [1.29, 1.82) is 0 Å². The molecule has 12 heavy (non-hydrogen) atoms. The van der Waals surface area contributed by atoms with Crippen molar-refractivity contribution in [2.75, 3.05) is 0 Å². The van der Waals surface area contributed by atoms with Crippen LogP contribution in [-0.4, -0.2) is 12.8 Å². The fraction of sp³-hybridized carbons (Fsp3) is 0.286. The molecule has 64 valence electrons. The van der Waals surface area contributed by atoms with E-state index in [1.807, 2.05) is 0 Å². The number of rotatable bonds is 1. The Labute approximate surface area is 69.0 Å². The van der Waals surface area contributed by atoms with Crippen LogP contribution in [0.2, 0.25) is 0 Å². The van der Waals surface area contributed by atoms with E-state index in [-0.39, 0.29) is 5.56 Å². The first-order valence-corrected chi connectivity index (χ1v) is 3.56. The van der Waals surface area contributed by atoms with E-state index < -0.39 is 11.9 Å². The zero-order valence-corrected chi connectivity index (χ0v) is 6.52. The van der Waals surface area contributed by atoms with Gasteiger partial charge in [-0.25, -0.2) is 0 Å². The Morgan fingerprint density at radius 1 is 1.42 bits per heavy atom. The van der Waals surface area contributed by atoms with Gasteiger partial charge in [0.15, 0.2) is 0 Å². The van der Waals surface area contributed by atoms with Crippen molar-refractivity contribution in [3.63, 3.8) is 0 Å². The van der Waals surface area contributed by atoms with Crippen LogP contribution in [-0.2, 0) is 12.5 Å². The van der Waals surface area contributed by atoms with Crippen LogP contribution in [0.15, 0.2) is 18.3 Å². The second kappa shape index (κ2) is 3.17. The molecule has 1 heterocycles. The highest BCUT2D eigenvalue weighted by Crippen LogP contribution is 2.29. The van der Waals surface area contributed by atoms with Gasteiger partial charge in [-0.3, -0.25) is 4.98 Å². The summed E-state index contributed by atoms with van der Waals surface area (Å²) >= 11 is 0. The number of aromatic nitrogens is 1. The minimum absolute atomic E-state index is 0.241. The van der Waals surface area contributed by atoms with Gasteiger partial charge < -0.3 is 0 Å². The van der Waals surface area contributed by atoms with Crippen molar-refractivity contribution in [2.24, 2.45) is 0 Å². The van der Waals surface area contributed by atoms with Gasteiger partial charge >= 0.3 is 6.18 Å². The first kappa shape index (κ1) is 9.10. The molecule has 0 unspecified atom stereocenters. The summed E-state index contributed by atoms with van der Waals surface area (Å²) in [6, 6.07) is 2.95. The average molecular weight is 173 g/mol. The van der Waals surface area contributed by atoms with Gasteiger partial charge in [-0.05, 0) is 11.6 Å². The van der Waals surface area contributed by atoms with Crippen LogP contribution in [0, 0.1) is 0 Å². The Morgan fingerprint density at radius 3 is 2.50 bits per heavy atom. The van der Waals surface area contributed by atoms with Crippen LogP contribution in [0.5, 0.6) is 0 Å². The normalized spacial score (nSPS) is 11.6. The molecule has 1 aromatic heterocycles. The lowest BCUT2D eigenvalue weighted by molar-refractivity contribution is -0.141. The van der Waals surface area contributed by atoms with Gasteiger partial charge in [0.05, 0.1) is 0 Å². The zero-order valence-electron chi connectivity index (χ0n) is 6.52. The average Bonchev–Trinajstić information content (AvgIpc) is 2.03. The van der Waals surface area contributed by atoms with Gasteiger partial charge in [-0.1, -0.05) is 12.4 Å². The summed E-state index contributed by atoms with van der Waals surface area (Å²) in [7, 11) is 1.67. The third-order valence-corrected chi connectivity index (χ3v) is 1.54. The molecule has 1 rings (SSSR count). The van der Waals surface area contributed by atoms with Crippen molar-refractivity contribution < 1.29 is 13.2 Å². The van der Waals surface area contributed by atoms with E-state index >= 15 is 0 Å². The van der Waals surface area contributed by atoms with Crippen LogP contribution in [0.4, 0.5) is 13.2 Å². The van der Waals surface area contributed by atoms with E-state index in [1.165, 1.54) is 12.1 Å². The summed E-state index contributed by atoms with van der Waals surface area (Å²) in [4.78, 5) is 3.30. The van der Waals surface area contributed by atoms with E-state index in [1.54, 1.807) is 7.85 Å². The predicted molar refractivity (Wildman–Crippen MR) is 41.5 cm³/mol. The Morgan fingerprint density at radius 2 is 2.08 bits per heavy atom. The quantitative estimate of drug-likeness (QED) is 0.582. The summed E-state index contributed by atoms with van der Waals surface area (Å²) in [5.41, 5.74) is -0.530. The third-order valence-electron chi connectivity index (χ3n) is 1.54. The zero-order chi connectivity index (χ0) is 9.19. The van der Waals surface area contributed by atoms with Crippen molar-refractivity contribution in [2.45, 2.75) is 12.5 Å². The van der Waals surface area contributed by atoms with Crippen molar-refractivity contribution >= 4 is 7.85 Å². The molecule has 0 aliphatic rings. The molecule has 0 radical (unpaired) electrons. The number of nitrogens with zero attached hydrogens (tertiary/aromatic N) is 1. The molecule has 0 bridgehead atoms. The van der Waals surface area contributed by atoms with Gasteiger partial charge in [0.2, 0.25) is 0 Å². The van der Waals surface area contributed by atoms with Crippen molar-refractivity contribution in [1.82, 2.24) is 4.98 Å². The second-order valence-electron chi connectivity index (χ2n) is 2.36. The van der Waals surface area contributed by atoms with Crippen molar-refractivity contribution in [3.8, 4) is 0 Å². The highest BCUT2D eigenvalue weighted by molar-refractivity contribution is 6.08. The largest absolute Gasteiger partial charge is 0.433 e. The minimum Gasteiger partial charge on any atom is -0.252 e. The van der Waals surface area contributed by atoms with Crippen LogP contribution in [0.3, 0.4) is 0 Å². The molecule has 0 aliphatic carbocycles. The van der Waals surface area contributed by atoms with Crippen LogP contribution < -0.4 is 0 Å². The SMILES string of the molecule is BCc1cccnc1C(F)(F)F. The van der Waals surface area contributed by atoms with Crippen LogP contribution in [0.1, 0.15) is 11.3 Å². The van der Waals surface area contributed by atoms with E-state index in [0.29, 0.717) is 6.32 Å². The smallest absolute Gasteiger partial charge is 0.252 e. The molecule has 5 heteroatoms. The maximum Gasteiger partial charge on any atom is 0.433 e. The molecule has 0 aromatic carbocycles. The fourth-order valence-electron chi connectivity index (χ4n) is 0.979. The van der Waals surface area contributed by atoms with E-state index in [4.69, 9.17) is 0 Å². The van der Waals surface area contributed by atoms with E-state index in [2.05, 4.69) is 4.98 Å². The van der Waals surface area contributed by atoms with Crippen LogP contribution in [0.25, 0.3) is 0 Å². The maximum atomic E-state index is 12.2. The van der Waals surface area contributed by atoms with Crippen molar-refractivity contribution in [3.05, 3.63) is 29.6 Å². The van der Waals surface area contributed by atoms with Gasteiger partial charge in [0.1, 0.15) is 13.5 Å². The number of alkyl halides is 3. The molecular weight excluding hydrogens is 166 g/mol. The minimum atomic E-state index is -4.33. The number of halogens is 3. The molecule has 0 saturated heterocycles. The van der Waals surface area contributed by atoms with Gasteiger partial charge in [0, 0.05) is 6.20 Å². The summed E-state index contributed by atoms with van der Waals surface area (Å²) in [6.07, 6.45) is -2.82. The summed E-state index contributed by atoms with van der Waals surface area (Å²) in [5.74, 6) is 0. The Hall–Kier alpha value is -0.995. The second-order valence-corrected chi connectivity index (χ2v) is 2.36. The summed E-state index contributed by atoms with van der Waals surface area (Å²) < 4.78 is 36.5. The molecular formula is C7H7BF3N. The molecule has 0 spiro atoms. The Bertz CT molecular complexity index is 272. The first-order valence-electron chi connectivity index (χ1n) is 3.56. The summed E-state index contributed by atoms with van der Waals surface area (Å²) in [5, 5.41) is 0. The fourth-order valence-corrected chi connectivity index (χ4v) is 0.979. The lowest BCUT2D eigenvalue weighted by Gasteiger charge is -2.08. The molecule has 0 N–H and O–H groups in total. The molecule has 0 saturated carbocycles. The molecule has 1 nitrogen and oxygen atoms in total. The number of hydrogen-bond acceptors (Lipinski definition) is 1. The Balaban J connectivity index is 3.14. The predicted octanol–water partition coefficient (Wildman–Crippen LogP) is 1.23. The molecule has 0 fully saturated rings. The molecule has 0 amide bonds. The Kier molecular flexibility index (Phi) is 2.40. The highest BCUT2D eigenvalue weighted by atomic mass is 19.4. The standard InChI is InChI=1S/C7H7BF3N/c8-4-5-2-1-3-12-6(5)7(9,10)11/h1-3H,4,8H2. The van der Waals surface area contributed by atoms with E-state index in [0.717, 1.165) is 6.20 Å². The monoisotopic (exact) mass is 173 g/mol. The number of hydrogen-bond donors (Lipinski definition) is 0. The molecule has 0 aliphatic heterocycles. The maximum absolute atomic E-state index is 12.2. The van der Waals surface area contributed by atoms with Gasteiger partial charge in [-0.2, -0.15) is 13.2 Å². The van der Waals surface area contributed by atoms with Gasteiger partial charge in [-0.15, -0.1) is 0 Å². The molecule has 1 aromatic rings. The first-order chi connectivity index (χ1) is 5.55. The molecule has 0 atom stereocenters. The van der Waals surface area contributed by atoms with Crippen LogP contribution >= 0.6 is 0 Å².